The van der Waals surface area contributed by atoms with E-state index < -0.39 is 0 Å². The maximum Gasteiger partial charge on any atom is 0.260 e. The van der Waals surface area contributed by atoms with Gasteiger partial charge < -0.3 is 10.7 Å². The second-order valence-electron chi connectivity index (χ2n) is 2.79. The average Bonchev–Trinajstić information content (AvgIpc) is 2.02. The molecule has 0 saturated heterocycles. The van der Waals surface area contributed by atoms with E-state index in [1.54, 1.807) is 13.0 Å². The summed E-state index contributed by atoms with van der Waals surface area (Å²) in [6.45, 7) is 1.80. The van der Waals surface area contributed by atoms with Crippen LogP contribution in [-0.2, 0) is 0 Å². The van der Waals surface area contributed by atoms with E-state index >= 15 is 0 Å². The number of anilines is 1. The lowest BCUT2D eigenvalue weighted by molar-refractivity contribution is 1.14. The lowest BCUT2D eigenvalue weighted by Gasteiger charge is -1.99. The van der Waals surface area contributed by atoms with Crippen LogP contribution in [0.25, 0.3) is 11.0 Å². The van der Waals surface area contributed by atoms with Crippen molar-refractivity contribution in [2.24, 2.45) is 0 Å². The van der Waals surface area contributed by atoms with Crippen molar-refractivity contribution in [1.29, 1.82) is 0 Å². The maximum absolute atomic E-state index is 11.3. The van der Waals surface area contributed by atoms with Gasteiger partial charge in [0.1, 0.15) is 5.82 Å². The minimum absolute atomic E-state index is 0.185. The Morgan fingerprint density at radius 3 is 3.08 bits per heavy atom. The number of nitrogen functional groups attached to an aromatic ring is 1. The molecule has 66 valence electrons. The van der Waals surface area contributed by atoms with E-state index in [2.05, 4.69) is 15.0 Å². The van der Waals surface area contributed by atoms with Gasteiger partial charge in [0.15, 0.2) is 5.65 Å². The highest BCUT2D eigenvalue weighted by molar-refractivity contribution is 5.78. The van der Waals surface area contributed by atoms with E-state index in [0.717, 1.165) is 5.56 Å². The number of aromatic nitrogens is 3. The Labute approximate surface area is 73.6 Å². The summed E-state index contributed by atoms with van der Waals surface area (Å²) < 4.78 is 0. The van der Waals surface area contributed by atoms with Gasteiger partial charge in [0.25, 0.3) is 5.56 Å². The Hall–Kier alpha value is -1.91. The van der Waals surface area contributed by atoms with Crippen molar-refractivity contribution in [3.63, 3.8) is 0 Å². The highest BCUT2D eigenvalue weighted by Gasteiger charge is 2.04. The molecular weight excluding hydrogens is 168 g/mol. The third kappa shape index (κ3) is 1.14. The summed E-state index contributed by atoms with van der Waals surface area (Å²) in [5, 5.41) is 0.497. The SMILES string of the molecule is Cc1cc(N)nc2nc[nH]c(=O)c12. The number of nitrogens with zero attached hydrogens (tertiary/aromatic N) is 2. The van der Waals surface area contributed by atoms with Crippen LogP contribution in [0.2, 0.25) is 0 Å². The van der Waals surface area contributed by atoms with E-state index in [9.17, 15) is 4.79 Å². The van der Waals surface area contributed by atoms with Crippen molar-refractivity contribution in [3.05, 3.63) is 28.3 Å². The van der Waals surface area contributed by atoms with Gasteiger partial charge in [-0.25, -0.2) is 9.97 Å². The Morgan fingerprint density at radius 1 is 1.54 bits per heavy atom. The molecule has 0 aliphatic carbocycles. The lowest BCUT2D eigenvalue weighted by Crippen LogP contribution is -2.09. The Bertz CT molecular complexity index is 517. The predicted octanol–water partition coefficient (Wildman–Crippen LogP) is 0.209. The molecule has 0 aliphatic heterocycles. The zero-order valence-electron chi connectivity index (χ0n) is 7.03. The summed E-state index contributed by atoms with van der Waals surface area (Å²) in [4.78, 5) is 21.7. The predicted molar refractivity (Wildman–Crippen MR) is 49.3 cm³/mol. The quantitative estimate of drug-likeness (QED) is 0.600. The van der Waals surface area contributed by atoms with Crippen LogP contribution in [-0.4, -0.2) is 15.0 Å². The summed E-state index contributed by atoms with van der Waals surface area (Å²) >= 11 is 0. The molecule has 0 bridgehead atoms. The molecule has 5 heteroatoms. The second kappa shape index (κ2) is 2.55. The fourth-order valence-corrected chi connectivity index (χ4v) is 1.28. The molecule has 2 heterocycles. The average molecular weight is 176 g/mol. The number of nitrogens with one attached hydrogen (secondary N) is 1. The largest absolute Gasteiger partial charge is 0.384 e. The third-order valence-corrected chi connectivity index (χ3v) is 1.83. The smallest absolute Gasteiger partial charge is 0.260 e. The minimum Gasteiger partial charge on any atom is -0.384 e. The molecule has 2 aromatic heterocycles. The molecule has 0 unspecified atom stereocenters. The number of hydrogen-bond donors (Lipinski definition) is 2. The molecule has 0 amide bonds. The monoisotopic (exact) mass is 176 g/mol. The number of hydrogen-bond acceptors (Lipinski definition) is 4. The summed E-state index contributed by atoms with van der Waals surface area (Å²) in [6.07, 6.45) is 1.32. The van der Waals surface area contributed by atoms with Crippen molar-refractivity contribution < 1.29 is 0 Å². The molecular formula is C8H8N4O. The molecule has 0 spiro atoms. The Kier molecular flexibility index (Phi) is 1.51. The summed E-state index contributed by atoms with van der Waals surface area (Å²) in [7, 11) is 0. The van der Waals surface area contributed by atoms with Crippen LogP contribution < -0.4 is 11.3 Å². The Morgan fingerprint density at radius 2 is 2.31 bits per heavy atom. The topological polar surface area (TPSA) is 84.7 Å². The molecule has 0 fully saturated rings. The highest BCUT2D eigenvalue weighted by atomic mass is 16.1. The highest BCUT2D eigenvalue weighted by Crippen LogP contribution is 2.11. The number of nitrogens with two attached hydrogens (primary N) is 1. The van der Waals surface area contributed by atoms with E-state index in [1.165, 1.54) is 6.33 Å². The first-order valence-electron chi connectivity index (χ1n) is 3.79. The summed E-state index contributed by atoms with van der Waals surface area (Å²) in [5.41, 5.74) is 6.51. The molecule has 2 rings (SSSR count). The first-order valence-corrected chi connectivity index (χ1v) is 3.79. The first-order chi connectivity index (χ1) is 6.18. The van der Waals surface area contributed by atoms with Crippen LogP contribution in [0.4, 0.5) is 5.82 Å². The molecule has 5 nitrogen and oxygen atoms in total. The van der Waals surface area contributed by atoms with E-state index in [4.69, 9.17) is 5.73 Å². The minimum atomic E-state index is -0.185. The van der Waals surface area contributed by atoms with E-state index in [0.29, 0.717) is 16.9 Å². The van der Waals surface area contributed by atoms with Crippen LogP contribution in [0.15, 0.2) is 17.2 Å². The fourth-order valence-electron chi connectivity index (χ4n) is 1.28. The van der Waals surface area contributed by atoms with Crippen LogP contribution >= 0.6 is 0 Å². The van der Waals surface area contributed by atoms with Gasteiger partial charge in [0.05, 0.1) is 11.7 Å². The standard InChI is InChI=1S/C8H8N4O/c1-4-2-5(9)12-7-6(4)8(13)11-3-10-7/h2-3H,1H3,(H3,9,10,11,12,13). The molecule has 0 atom stereocenters. The van der Waals surface area contributed by atoms with Gasteiger partial charge in [-0.05, 0) is 18.6 Å². The van der Waals surface area contributed by atoms with E-state index in [-0.39, 0.29) is 5.56 Å². The van der Waals surface area contributed by atoms with Crippen molar-refractivity contribution in [2.45, 2.75) is 6.92 Å². The van der Waals surface area contributed by atoms with Crippen molar-refractivity contribution in [3.8, 4) is 0 Å². The molecule has 0 aromatic carbocycles. The summed E-state index contributed by atoms with van der Waals surface area (Å²) in [5.74, 6) is 0.378. The van der Waals surface area contributed by atoms with Gasteiger partial charge in [-0.2, -0.15) is 0 Å². The molecule has 0 aliphatic rings. The molecule has 13 heavy (non-hydrogen) atoms. The van der Waals surface area contributed by atoms with E-state index in [1.807, 2.05) is 0 Å². The van der Waals surface area contributed by atoms with Crippen molar-refractivity contribution >= 4 is 16.9 Å². The number of H-pyrrole nitrogens is 1. The molecule has 0 saturated carbocycles. The number of fused-ring (bicyclic) bond motifs is 1. The van der Waals surface area contributed by atoms with Gasteiger partial charge in [-0.1, -0.05) is 0 Å². The van der Waals surface area contributed by atoms with Crippen LogP contribution in [0.3, 0.4) is 0 Å². The van der Waals surface area contributed by atoms with Crippen LogP contribution in [0, 0.1) is 6.92 Å². The van der Waals surface area contributed by atoms with Crippen LogP contribution in [0.5, 0.6) is 0 Å². The second-order valence-corrected chi connectivity index (χ2v) is 2.79. The Balaban J connectivity index is 3.03. The van der Waals surface area contributed by atoms with Gasteiger partial charge >= 0.3 is 0 Å². The number of aryl methyl sites for hydroxylation is 1. The van der Waals surface area contributed by atoms with Crippen LogP contribution in [0.1, 0.15) is 5.56 Å². The maximum atomic E-state index is 11.3. The first kappa shape index (κ1) is 7.72. The van der Waals surface area contributed by atoms with Gasteiger partial charge in [0, 0.05) is 0 Å². The normalized spacial score (nSPS) is 10.5. The number of aromatic amines is 1. The number of pyridine rings is 1. The van der Waals surface area contributed by atoms with Crippen molar-refractivity contribution in [1.82, 2.24) is 15.0 Å². The zero-order chi connectivity index (χ0) is 9.42. The van der Waals surface area contributed by atoms with Crippen molar-refractivity contribution in [2.75, 3.05) is 5.73 Å². The fraction of sp³-hybridized carbons (Fsp3) is 0.125. The molecule has 2 aromatic rings. The van der Waals surface area contributed by atoms with Gasteiger partial charge in [0.2, 0.25) is 0 Å². The summed E-state index contributed by atoms with van der Waals surface area (Å²) in [6, 6.07) is 1.65. The third-order valence-electron chi connectivity index (χ3n) is 1.83. The lowest BCUT2D eigenvalue weighted by atomic mass is 10.2. The zero-order valence-corrected chi connectivity index (χ0v) is 7.03. The number of rotatable bonds is 0. The molecule has 3 N–H and O–H groups in total. The van der Waals surface area contributed by atoms with Gasteiger partial charge in [-0.15, -0.1) is 0 Å². The molecule has 0 radical (unpaired) electrons. The van der Waals surface area contributed by atoms with Gasteiger partial charge in [-0.3, -0.25) is 4.79 Å².